The molecule has 0 atom stereocenters. The predicted octanol–water partition coefficient (Wildman–Crippen LogP) is 4.51. The van der Waals surface area contributed by atoms with Gasteiger partial charge in [-0.15, -0.1) is 0 Å². The highest BCUT2D eigenvalue weighted by atomic mass is 16.5. The highest BCUT2D eigenvalue weighted by Crippen LogP contribution is 2.27. The summed E-state index contributed by atoms with van der Waals surface area (Å²) in [6.45, 7) is 3.24. The van der Waals surface area contributed by atoms with Crippen LogP contribution < -0.4 is 14.4 Å². The van der Waals surface area contributed by atoms with Crippen LogP contribution in [0.15, 0.2) is 78.9 Å². The maximum atomic E-state index is 5.72. The third-order valence-corrected chi connectivity index (χ3v) is 4.68. The van der Waals surface area contributed by atoms with Crippen molar-refractivity contribution in [2.24, 2.45) is 0 Å². The van der Waals surface area contributed by atoms with Crippen LogP contribution in [-0.2, 0) is 13.1 Å². The maximum Gasteiger partial charge on any atom is 0.161 e. The Hall–Kier alpha value is -2.98. The zero-order chi connectivity index (χ0) is 18.5. The fraction of sp³-hybridized carbons (Fsp3) is 0.217. The van der Waals surface area contributed by atoms with E-state index in [4.69, 9.17) is 9.47 Å². The fourth-order valence-electron chi connectivity index (χ4n) is 3.27. The van der Waals surface area contributed by atoms with Crippen molar-refractivity contribution in [1.82, 2.24) is 4.90 Å². The lowest BCUT2D eigenvalue weighted by Gasteiger charge is -2.30. The largest absolute Gasteiger partial charge is 0.478 e. The Labute approximate surface area is 160 Å². The van der Waals surface area contributed by atoms with E-state index in [2.05, 4.69) is 59.3 Å². The average Bonchev–Trinajstić information content (AvgIpc) is 2.74. The Morgan fingerprint density at radius 1 is 0.630 bits per heavy atom. The van der Waals surface area contributed by atoms with E-state index >= 15 is 0 Å². The molecular formula is C23H24N2O2. The minimum absolute atomic E-state index is 0.626. The van der Waals surface area contributed by atoms with E-state index in [9.17, 15) is 0 Å². The van der Waals surface area contributed by atoms with Crippen LogP contribution in [0.3, 0.4) is 0 Å². The smallest absolute Gasteiger partial charge is 0.161 e. The number of hydrogen-bond acceptors (Lipinski definition) is 4. The minimum atomic E-state index is 0.626. The van der Waals surface area contributed by atoms with E-state index in [1.54, 1.807) is 0 Å². The van der Waals surface area contributed by atoms with Gasteiger partial charge in [0.25, 0.3) is 0 Å². The van der Waals surface area contributed by atoms with Gasteiger partial charge >= 0.3 is 0 Å². The normalized spacial score (nSPS) is 15.4. The summed E-state index contributed by atoms with van der Waals surface area (Å²) < 4.78 is 11.2. The molecule has 0 radical (unpaired) electrons. The highest BCUT2D eigenvalue weighted by molar-refractivity contribution is 5.49. The molecule has 138 valence electrons. The van der Waals surface area contributed by atoms with E-state index in [-0.39, 0.29) is 0 Å². The molecule has 2 heterocycles. The van der Waals surface area contributed by atoms with Gasteiger partial charge in [0.1, 0.15) is 18.2 Å². The van der Waals surface area contributed by atoms with E-state index < -0.39 is 0 Å². The number of fused-ring (bicyclic) bond motifs is 2. The molecule has 0 N–H and O–H groups in total. The third-order valence-electron chi connectivity index (χ3n) is 4.68. The molecule has 4 nitrogen and oxygen atoms in total. The van der Waals surface area contributed by atoms with Crippen LogP contribution in [0.1, 0.15) is 11.1 Å². The van der Waals surface area contributed by atoms with Crippen molar-refractivity contribution < 1.29 is 9.47 Å². The zero-order valence-corrected chi connectivity index (χ0v) is 15.5. The van der Waals surface area contributed by atoms with Crippen molar-refractivity contribution in [3.05, 3.63) is 90.0 Å². The van der Waals surface area contributed by atoms with E-state index in [1.807, 2.05) is 36.4 Å². The van der Waals surface area contributed by atoms with E-state index in [0.29, 0.717) is 13.5 Å². The van der Waals surface area contributed by atoms with E-state index in [0.717, 1.165) is 24.6 Å². The molecule has 0 unspecified atom stereocenters. The summed E-state index contributed by atoms with van der Waals surface area (Å²) in [5.41, 5.74) is 3.73. The molecule has 27 heavy (non-hydrogen) atoms. The summed E-state index contributed by atoms with van der Waals surface area (Å²) in [5.74, 6) is 2.04. The Kier molecular flexibility index (Phi) is 5.26. The van der Waals surface area contributed by atoms with Crippen molar-refractivity contribution in [3.63, 3.8) is 0 Å². The molecule has 0 aliphatic carbocycles. The van der Waals surface area contributed by atoms with Crippen LogP contribution >= 0.6 is 0 Å². The van der Waals surface area contributed by atoms with Crippen molar-refractivity contribution in [3.8, 4) is 11.5 Å². The molecule has 0 spiro atoms. The molecular weight excluding hydrogens is 336 g/mol. The first-order valence-electron chi connectivity index (χ1n) is 9.19. The van der Waals surface area contributed by atoms with Gasteiger partial charge in [-0.1, -0.05) is 54.6 Å². The zero-order valence-electron chi connectivity index (χ0n) is 15.5. The number of rotatable bonds is 1. The van der Waals surface area contributed by atoms with Gasteiger partial charge < -0.3 is 14.4 Å². The quantitative estimate of drug-likeness (QED) is 0.637. The van der Waals surface area contributed by atoms with Crippen LogP contribution in [0, 0.1) is 0 Å². The summed E-state index contributed by atoms with van der Waals surface area (Å²) in [5, 5.41) is 0. The highest BCUT2D eigenvalue weighted by Gasteiger charge is 2.16. The number of anilines is 1. The van der Waals surface area contributed by atoms with Gasteiger partial charge in [-0.2, -0.15) is 0 Å². The second-order valence-electron chi connectivity index (χ2n) is 6.81. The van der Waals surface area contributed by atoms with Crippen LogP contribution in [0.25, 0.3) is 0 Å². The summed E-state index contributed by atoms with van der Waals surface area (Å²) in [6.07, 6.45) is 0. The lowest BCUT2D eigenvalue weighted by Crippen LogP contribution is -2.31. The molecule has 2 aliphatic heterocycles. The summed E-state index contributed by atoms with van der Waals surface area (Å²) in [4.78, 5) is 4.37. The third kappa shape index (κ3) is 4.23. The number of ether oxygens (including phenoxy) is 2. The first-order valence-corrected chi connectivity index (χ1v) is 9.19. The standard InChI is InChI=1S/C14H13NO.C9H11NO/c1-2-7-13(8-3-1)15-10-12-6-4-5-9-14(12)16-11-15;1-10-6-8-4-2-3-5-9(8)11-7-10/h1-9H,10-11H2;2-5H,6-7H2,1H3. The van der Waals surface area contributed by atoms with Crippen molar-refractivity contribution in [1.29, 1.82) is 0 Å². The molecule has 2 aliphatic rings. The average molecular weight is 360 g/mol. The lowest BCUT2D eigenvalue weighted by molar-refractivity contribution is 0.121. The first-order chi connectivity index (χ1) is 13.3. The summed E-state index contributed by atoms with van der Waals surface area (Å²) in [6, 6.07) is 26.7. The second-order valence-corrected chi connectivity index (χ2v) is 6.81. The van der Waals surface area contributed by atoms with Gasteiger partial charge in [0.05, 0.1) is 0 Å². The topological polar surface area (TPSA) is 24.9 Å². The van der Waals surface area contributed by atoms with Crippen molar-refractivity contribution in [2.45, 2.75) is 13.1 Å². The fourth-order valence-corrected chi connectivity index (χ4v) is 3.27. The Morgan fingerprint density at radius 3 is 1.89 bits per heavy atom. The SMILES string of the molecule is CN1COc2ccccc2C1.c1ccc(N2COc3ccccc3C2)cc1. The van der Waals surface area contributed by atoms with Crippen LogP contribution in [0.2, 0.25) is 0 Å². The minimum Gasteiger partial charge on any atom is -0.478 e. The lowest BCUT2D eigenvalue weighted by atomic mass is 10.1. The molecule has 0 saturated carbocycles. The summed E-state index contributed by atoms with van der Waals surface area (Å²) >= 11 is 0. The number of para-hydroxylation sites is 3. The van der Waals surface area contributed by atoms with Gasteiger partial charge in [0.2, 0.25) is 0 Å². The monoisotopic (exact) mass is 360 g/mol. The molecule has 5 rings (SSSR count). The number of hydrogen-bond donors (Lipinski definition) is 0. The van der Waals surface area contributed by atoms with Crippen molar-refractivity contribution >= 4 is 5.69 Å². The Balaban J connectivity index is 0.000000143. The molecule has 0 saturated heterocycles. The van der Waals surface area contributed by atoms with Gasteiger partial charge in [0, 0.05) is 29.9 Å². The molecule has 4 heteroatoms. The molecule has 0 fully saturated rings. The number of benzene rings is 3. The van der Waals surface area contributed by atoms with Gasteiger partial charge in [-0.3, -0.25) is 4.90 Å². The number of nitrogens with zero attached hydrogens (tertiary/aromatic N) is 2. The Morgan fingerprint density at radius 2 is 1.19 bits per heavy atom. The van der Waals surface area contributed by atoms with Crippen molar-refractivity contribution in [2.75, 3.05) is 25.4 Å². The van der Waals surface area contributed by atoms with Gasteiger partial charge in [0.15, 0.2) is 6.73 Å². The molecule has 0 amide bonds. The van der Waals surface area contributed by atoms with Crippen LogP contribution in [-0.4, -0.2) is 25.4 Å². The van der Waals surface area contributed by atoms with Gasteiger partial charge in [-0.25, -0.2) is 0 Å². The second kappa shape index (κ2) is 8.14. The predicted molar refractivity (Wildman–Crippen MR) is 108 cm³/mol. The van der Waals surface area contributed by atoms with E-state index in [1.165, 1.54) is 16.8 Å². The maximum absolute atomic E-state index is 5.72. The van der Waals surface area contributed by atoms with Crippen LogP contribution in [0.4, 0.5) is 5.69 Å². The Bertz CT molecular complexity index is 882. The molecule has 3 aromatic rings. The van der Waals surface area contributed by atoms with Gasteiger partial charge in [-0.05, 0) is 31.3 Å². The first kappa shape index (κ1) is 17.4. The molecule has 3 aromatic carbocycles. The summed E-state index contributed by atoms with van der Waals surface area (Å²) in [7, 11) is 2.05. The van der Waals surface area contributed by atoms with Crippen LogP contribution in [0.5, 0.6) is 11.5 Å². The molecule has 0 bridgehead atoms. The molecule has 0 aromatic heterocycles.